The lowest BCUT2D eigenvalue weighted by atomic mass is 10.2. The van der Waals surface area contributed by atoms with Crippen LogP contribution < -0.4 is 0 Å². The predicted octanol–water partition coefficient (Wildman–Crippen LogP) is 3.02. The Morgan fingerprint density at radius 1 is 1.25 bits per heavy atom. The number of methoxy groups -OCH3 is 1. The summed E-state index contributed by atoms with van der Waals surface area (Å²) >= 11 is 0. The summed E-state index contributed by atoms with van der Waals surface area (Å²) in [4.78, 5) is 13.4. The number of carbonyl (C=O) groups excluding carboxylic acids is 1. The van der Waals surface area contributed by atoms with Crippen LogP contribution in [-0.2, 0) is 9.47 Å². The molecule has 0 saturated carbocycles. The van der Waals surface area contributed by atoms with Crippen molar-refractivity contribution in [1.82, 2.24) is 4.90 Å². The van der Waals surface area contributed by atoms with Crippen LogP contribution in [0.1, 0.15) is 46.5 Å². The Morgan fingerprint density at radius 3 is 2.38 bits per heavy atom. The average Bonchev–Trinajstić information content (AvgIpc) is 2.28. The Labute approximate surface area is 98.9 Å². The summed E-state index contributed by atoms with van der Waals surface area (Å²) in [6.45, 7) is 7.11. The highest BCUT2D eigenvalue weighted by Crippen LogP contribution is 2.11. The molecule has 0 spiro atoms. The zero-order valence-corrected chi connectivity index (χ0v) is 11.0. The van der Waals surface area contributed by atoms with Crippen molar-refractivity contribution in [3.8, 4) is 0 Å². The number of unbranched alkanes of at least 4 members (excludes halogenated alkanes) is 1. The minimum Gasteiger partial charge on any atom is -0.450 e. The van der Waals surface area contributed by atoms with Crippen LogP contribution in [0.5, 0.6) is 0 Å². The second-order valence-electron chi connectivity index (χ2n) is 3.72. The largest absolute Gasteiger partial charge is 0.450 e. The molecule has 0 N–H and O–H groups in total. The summed E-state index contributed by atoms with van der Waals surface area (Å²) in [5.74, 6) is 0. The molecule has 16 heavy (non-hydrogen) atoms. The highest BCUT2D eigenvalue weighted by Gasteiger charge is 2.23. The lowest BCUT2D eigenvalue weighted by molar-refractivity contribution is -0.0338. The fourth-order valence-electron chi connectivity index (χ4n) is 1.54. The molecule has 0 rings (SSSR count). The van der Waals surface area contributed by atoms with Crippen molar-refractivity contribution in [2.24, 2.45) is 0 Å². The first kappa shape index (κ1) is 15.2. The topological polar surface area (TPSA) is 38.8 Å². The van der Waals surface area contributed by atoms with Gasteiger partial charge in [-0.2, -0.15) is 0 Å². The molecule has 0 saturated heterocycles. The van der Waals surface area contributed by atoms with E-state index >= 15 is 0 Å². The molecule has 1 unspecified atom stereocenters. The predicted molar refractivity (Wildman–Crippen MR) is 64.3 cm³/mol. The van der Waals surface area contributed by atoms with Crippen LogP contribution >= 0.6 is 0 Å². The third-order valence-electron chi connectivity index (χ3n) is 2.41. The number of rotatable bonds is 8. The Bertz CT molecular complexity index is 185. The van der Waals surface area contributed by atoms with Gasteiger partial charge in [0.15, 0.2) is 0 Å². The van der Waals surface area contributed by atoms with Crippen LogP contribution in [0.3, 0.4) is 0 Å². The minimum atomic E-state index is -0.267. The maximum absolute atomic E-state index is 11.7. The van der Waals surface area contributed by atoms with E-state index in [0.717, 1.165) is 25.7 Å². The van der Waals surface area contributed by atoms with Crippen LogP contribution in [0.4, 0.5) is 4.79 Å². The number of carbonyl (C=O) groups is 1. The maximum atomic E-state index is 11.7. The van der Waals surface area contributed by atoms with Crippen LogP contribution in [0.25, 0.3) is 0 Å². The number of nitrogens with zero attached hydrogens (tertiary/aromatic N) is 1. The SMILES string of the molecule is CCCCN(C(=O)OCC)C(CCC)OC. The van der Waals surface area contributed by atoms with E-state index in [9.17, 15) is 4.79 Å². The summed E-state index contributed by atoms with van der Waals surface area (Å²) in [5.41, 5.74) is 0. The van der Waals surface area contributed by atoms with Gasteiger partial charge in [0.25, 0.3) is 0 Å². The summed E-state index contributed by atoms with van der Waals surface area (Å²) in [6.07, 6.45) is 3.44. The first-order valence-electron chi connectivity index (χ1n) is 6.17. The smallest absolute Gasteiger partial charge is 0.411 e. The summed E-state index contributed by atoms with van der Waals surface area (Å²) in [7, 11) is 1.64. The molecule has 96 valence electrons. The molecule has 0 aliphatic carbocycles. The van der Waals surface area contributed by atoms with E-state index in [0.29, 0.717) is 13.2 Å². The third kappa shape index (κ3) is 5.35. The van der Waals surface area contributed by atoms with Gasteiger partial charge in [-0.15, -0.1) is 0 Å². The van der Waals surface area contributed by atoms with Gasteiger partial charge < -0.3 is 9.47 Å². The number of amides is 1. The quantitative estimate of drug-likeness (QED) is 0.603. The van der Waals surface area contributed by atoms with Crippen molar-refractivity contribution in [1.29, 1.82) is 0 Å². The lowest BCUT2D eigenvalue weighted by Gasteiger charge is -2.29. The van der Waals surface area contributed by atoms with Crippen molar-refractivity contribution in [2.75, 3.05) is 20.3 Å². The summed E-state index contributed by atoms with van der Waals surface area (Å²) < 4.78 is 10.4. The van der Waals surface area contributed by atoms with Crippen LogP contribution in [-0.4, -0.2) is 37.5 Å². The van der Waals surface area contributed by atoms with Gasteiger partial charge in [0, 0.05) is 13.7 Å². The monoisotopic (exact) mass is 231 g/mol. The van der Waals surface area contributed by atoms with E-state index in [1.807, 2.05) is 6.92 Å². The fourth-order valence-corrected chi connectivity index (χ4v) is 1.54. The Morgan fingerprint density at radius 2 is 1.94 bits per heavy atom. The standard InChI is InChI=1S/C12H25NO3/c1-5-8-10-13(12(14)16-7-3)11(15-4)9-6-2/h11H,5-10H2,1-4H3. The molecule has 1 amide bonds. The van der Waals surface area contributed by atoms with Crippen molar-refractivity contribution in [3.63, 3.8) is 0 Å². The second kappa shape index (κ2) is 9.46. The molecule has 0 heterocycles. The number of hydrogen-bond acceptors (Lipinski definition) is 3. The van der Waals surface area contributed by atoms with E-state index in [1.54, 1.807) is 12.0 Å². The van der Waals surface area contributed by atoms with Gasteiger partial charge in [-0.05, 0) is 19.8 Å². The highest BCUT2D eigenvalue weighted by molar-refractivity contribution is 5.67. The zero-order chi connectivity index (χ0) is 12.4. The minimum absolute atomic E-state index is 0.157. The maximum Gasteiger partial charge on any atom is 0.411 e. The van der Waals surface area contributed by atoms with Crippen molar-refractivity contribution < 1.29 is 14.3 Å². The van der Waals surface area contributed by atoms with Gasteiger partial charge in [-0.3, -0.25) is 4.90 Å². The molecular formula is C12H25NO3. The first-order chi connectivity index (χ1) is 7.71. The molecular weight excluding hydrogens is 206 g/mol. The number of ether oxygens (including phenoxy) is 2. The van der Waals surface area contributed by atoms with E-state index in [1.165, 1.54) is 0 Å². The highest BCUT2D eigenvalue weighted by atomic mass is 16.6. The molecule has 0 bridgehead atoms. The second-order valence-corrected chi connectivity index (χ2v) is 3.72. The summed E-state index contributed by atoms with van der Waals surface area (Å²) in [6, 6.07) is 0. The molecule has 0 aliphatic rings. The van der Waals surface area contributed by atoms with Crippen molar-refractivity contribution in [2.45, 2.75) is 52.7 Å². The average molecular weight is 231 g/mol. The van der Waals surface area contributed by atoms with Gasteiger partial charge in [0.2, 0.25) is 0 Å². The van der Waals surface area contributed by atoms with Gasteiger partial charge in [-0.1, -0.05) is 26.7 Å². The lowest BCUT2D eigenvalue weighted by Crippen LogP contribution is -2.42. The van der Waals surface area contributed by atoms with Gasteiger partial charge in [0.05, 0.1) is 6.61 Å². The summed E-state index contributed by atoms with van der Waals surface area (Å²) in [5, 5.41) is 0. The Hall–Kier alpha value is -0.770. The molecule has 0 aromatic carbocycles. The van der Waals surface area contributed by atoms with E-state index in [2.05, 4.69) is 13.8 Å². The van der Waals surface area contributed by atoms with Crippen LogP contribution in [0.15, 0.2) is 0 Å². The van der Waals surface area contributed by atoms with Gasteiger partial charge >= 0.3 is 6.09 Å². The Balaban J connectivity index is 4.41. The molecule has 0 aromatic heterocycles. The Kier molecular flexibility index (Phi) is 9.00. The van der Waals surface area contributed by atoms with Crippen molar-refractivity contribution in [3.05, 3.63) is 0 Å². The normalized spacial score (nSPS) is 12.2. The van der Waals surface area contributed by atoms with E-state index < -0.39 is 0 Å². The van der Waals surface area contributed by atoms with Gasteiger partial charge in [-0.25, -0.2) is 4.79 Å². The molecule has 4 heteroatoms. The molecule has 0 aromatic rings. The van der Waals surface area contributed by atoms with Crippen LogP contribution in [0, 0.1) is 0 Å². The number of hydrogen-bond donors (Lipinski definition) is 0. The van der Waals surface area contributed by atoms with Crippen molar-refractivity contribution >= 4 is 6.09 Å². The third-order valence-corrected chi connectivity index (χ3v) is 2.41. The fraction of sp³-hybridized carbons (Fsp3) is 0.917. The molecule has 0 aliphatic heterocycles. The van der Waals surface area contributed by atoms with E-state index in [4.69, 9.17) is 9.47 Å². The molecule has 4 nitrogen and oxygen atoms in total. The molecule has 0 fully saturated rings. The molecule has 0 radical (unpaired) electrons. The zero-order valence-electron chi connectivity index (χ0n) is 11.0. The van der Waals surface area contributed by atoms with Gasteiger partial charge in [0.1, 0.15) is 6.23 Å². The van der Waals surface area contributed by atoms with E-state index in [-0.39, 0.29) is 12.3 Å². The molecule has 1 atom stereocenters. The first-order valence-corrected chi connectivity index (χ1v) is 6.17. The van der Waals surface area contributed by atoms with Crippen LogP contribution in [0.2, 0.25) is 0 Å².